The van der Waals surface area contributed by atoms with Gasteiger partial charge in [0.2, 0.25) is 0 Å². The van der Waals surface area contributed by atoms with Crippen molar-refractivity contribution in [2.45, 2.75) is 20.4 Å². The molecule has 2 aromatic carbocycles. The Bertz CT molecular complexity index is 1290. The van der Waals surface area contributed by atoms with Gasteiger partial charge in [-0.2, -0.15) is 4.99 Å². The van der Waals surface area contributed by atoms with Gasteiger partial charge < -0.3 is 23.5 Å². The molecule has 4 rings (SSSR count). The third-order valence-corrected chi connectivity index (χ3v) is 5.81. The summed E-state index contributed by atoms with van der Waals surface area (Å²) in [5, 5.41) is 0. The van der Waals surface area contributed by atoms with Crippen molar-refractivity contribution in [3.63, 3.8) is 0 Å². The molecule has 0 aliphatic carbocycles. The van der Waals surface area contributed by atoms with Gasteiger partial charge in [-0.3, -0.25) is 9.59 Å². The zero-order valence-corrected chi connectivity index (χ0v) is 19.0. The predicted octanol–water partition coefficient (Wildman–Crippen LogP) is 2.95. The Kier molecular flexibility index (Phi) is 6.74. The van der Waals surface area contributed by atoms with Crippen molar-refractivity contribution >= 4 is 39.4 Å². The number of carbonyl (C=O) groups is 3. The molecule has 172 valence electrons. The van der Waals surface area contributed by atoms with E-state index in [4.69, 9.17) is 18.9 Å². The van der Waals surface area contributed by atoms with E-state index >= 15 is 0 Å². The summed E-state index contributed by atoms with van der Waals surface area (Å²) in [4.78, 5) is 41.8. The van der Waals surface area contributed by atoms with Gasteiger partial charge >= 0.3 is 11.9 Å². The number of ether oxygens (including phenoxy) is 4. The van der Waals surface area contributed by atoms with Gasteiger partial charge in [-0.15, -0.1) is 0 Å². The first-order valence-corrected chi connectivity index (χ1v) is 11.3. The second-order valence-corrected chi connectivity index (χ2v) is 7.96. The van der Waals surface area contributed by atoms with Crippen molar-refractivity contribution in [2.24, 2.45) is 4.99 Å². The molecule has 1 aromatic heterocycles. The van der Waals surface area contributed by atoms with E-state index < -0.39 is 17.8 Å². The first-order valence-electron chi connectivity index (χ1n) is 10.4. The van der Waals surface area contributed by atoms with Crippen LogP contribution in [-0.2, 0) is 20.8 Å². The Morgan fingerprint density at radius 2 is 1.70 bits per heavy atom. The minimum absolute atomic E-state index is 0.125. The maximum absolute atomic E-state index is 12.9. The van der Waals surface area contributed by atoms with Crippen LogP contribution in [0.5, 0.6) is 11.5 Å². The molecular weight excluding hydrogens is 448 g/mol. The van der Waals surface area contributed by atoms with E-state index in [9.17, 15) is 14.4 Å². The van der Waals surface area contributed by atoms with E-state index in [-0.39, 0.29) is 19.8 Å². The number of fused-ring (bicyclic) bond motifs is 2. The molecule has 0 radical (unpaired) electrons. The van der Waals surface area contributed by atoms with Crippen LogP contribution >= 0.6 is 11.3 Å². The molecule has 1 aliphatic heterocycles. The highest BCUT2D eigenvalue weighted by molar-refractivity contribution is 7.16. The minimum Gasteiger partial charge on any atom is -0.486 e. The number of benzene rings is 2. The number of hydrogen-bond acceptors (Lipinski definition) is 8. The lowest BCUT2D eigenvalue weighted by atomic mass is 10.2. The lowest BCUT2D eigenvalue weighted by Crippen LogP contribution is -2.23. The van der Waals surface area contributed by atoms with Gasteiger partial charge in [0.25, 0.3) is 5.91 Å². The van der Waals surface area contributed by atoms with Crippen molar-refractivity contribution in [1.29, 1.82) is 0 Å². The monoisotopic (exact) mass is 470 g/mol. The molecule has 0 atom stereocenters. The number of esters is 2. The quantitative estimate of drug-likeness (QED) is 0.510. The van der Waals surface area contributed by atoms with Gasteiger partial charge in [0, 0.05) is 5.56 Å². The number of hydrogen-bond donors (Lipinski definition) is 0. The van der Waals surface area contributed by atoms with E-state index in [2.05, 4.69) is 4.99 Å². The van der Waals surface area contributed by atoms with Crippen molar-refractivity contribution in [1.82, 2.24) is 4.57 Å². The number of aromatic nitrogens is 1. The lowest BCUT2D eigenvalue weighted by molar-refractivity contribution is -0.143. The average Bonchev–Trinajstić information content (AvgIpc) is 3.14. The van der Waals surface area contributed by atoms with E-state index in [1.807, 2.05) is 0 Å². The molecule has 0 unspecified atom stereocenters. The molecule has 33 heavy (non-hydrogen) atoms. The Hall–Kier alpha value is -3.66. The van der Waals surface area contributed by atoms with Crippen LogP contribution in [0, 0.1) is 0 Å². The van der Waals surface area contributed by atoms with Crippen LogP contribution in [0.2, 0.25) is 0 Å². The number of carbonyl (C=O) groups excluding carboxylic acids is 3. The number of rotatable bonds is 6. The van der Waals surface area contributed by atoms with Crippen molar-refractivity contribution < 1.29 is 33.3 Å². The first-order chi connectivity index (χ1) is 16.0. The van der Waals surface area contributed by atoms with Gasteiger partial charge in [-0.05, 0) is 50.2 Å². The van der Waals surface area contributed by atoms with Crippen LogP contribution in [0.1, 0.15) is 34.6 Å². The largest absolute Gasteiger partial charge is 0.486 e. The van der Waals surface area contributed by atoms with E-state index in [0.29, 0.717) is 50.9 Å². The molecule has 3 aromatic rings. The normalized spacial score (nSPS) is 13.1. The Labute approximate surface area is 193 Å². The van der Waals surface area contributed by atoms with Crippen LogP contribution in [0.25, 0.3) is 10.2 Å². The predicted molar refractivity (Wildman–Crippen MR) is 120 cm³/mol. The van der Waals surface area contributed by atoms with Crippen molar-refractivity contribution in [2.75, 3.05) is 26.4 Å². The number of thiazole rings is 1. The highest BCUT2D eigenvalue weighted by atomic mass is 32.1. The molecule has 9 nitrogen and oxygen atoms in total. The maximum atomic E-state index is 12.9. The zero-order valence-electron chi connectivity index (χ0n) is 18.2. The Morgan fingerprint density at radius 3 is 2.45 bits per heavy atom. The highest BCUT2D eigenvalue weighted by Crippen LogP contribution is 2.31. The molecule has 2 heterocycles. The lowest BCUT2D eigenvalue weighted by Gasteiger charge is -2.18. The van der Waals surface area contributed by atoms with Crippen LogP contribution in [0.15, 0.2) is 41.4 Å². The highest BCUT2D eigenvalue weighted by Gasteiger charge is 2.17. The van der Waals surface area contributed by atoms with E-state index in [1.165, 1.54) is 11.3 Å². The van der Waals surface area contributed by atoms with Crippen molar-refractivity contribution in [3.8, 4) is 11.5 Å². The molecular formula is C23H22N2O7S. The molecule has 1 aliphatic rings. The molecule has 0 saturated heterocycles. The van der Waals surface area contributed by atoms with E-state index in [1.54, 1.807) is 54.8 Å². The fourth-order valence-corrected chi connectivity index (χ4v) is 4.38. The summed E-state index contributed by atoms with van der Waals surface area (Å²) in [6, 6.07) is 9.84. The summed E-state index contributed by atoms with van der Waals surface area (Å²) < 4.78 is 23.5. The summed E-state index contributed by atoms with van der Waals surface area (Å²) in [7, 11) is 0. The van der Waals surface area contributed by atoms with Gasteiger partial charge in [0.15, 0.2) is 16.3 Å². The summed E-state index contributed by atoms with van der Waals surface area (Å²) in [6.07, 6.45) is 0. The summed E-state index contributed by atoms with van der Waals surface area (Å²) >= 11 is 1.19. The Balaban J connectivity index is 1.76. The third-order valence-electron chi connectivity index (χ3n) is 4.77. The molecule has 10 heteroatoms. The fraction of sp³-hybridized carbons (Fsp3) is 0.304. The summed E-state index contributed by atoms with van der Waals surface area (Å²) in [5.74, 6) is -0.349. The average molecular weight is 471 g/mol. The van der Waals surface area contributed by atoms with Gasteiger partial charge in [0.05, 0.1) is 29.0 Å². The summed E-state index contributed by atoms with van der Waals surface area (Å²) in [6.45, 7) is 4.67. The maximum Gasteiger partial charge on any atom is 0.338 e. The standard InChI is InChI=1S/C23H22N2O7S/c1-3-29-20(26)13-25-16-7-5-15(22(28)30-4-2)12-19(16)33-23(25)24-21(27)14-6-8-17-18(11-14)32-10-9-31-17/h5-8,11-12H,3-4,9-10,13H2,1-2H3. The van der Waals surface area contributed by atoms with Crippen LogP contribution in [-0.4, -0.2) is 48.8 Å². The smallest absolute Gasteiger partial charge is 0.338 e. The fourth-order valence-electron chi connectivity index (χ4n) is 3.32. The second-order valence-electron chi connectivity index (χ2n) is 6.95. The third kappa shape index (κ3) is 4.90. The first kappa shape index (κ1) is 22.5. The van der Waals surface area contributed by atoms with Gasteiger partial charge in [0.1, 0.15) is 19.8 Å². The SMILES string of the molecule is CCOC(=O)Cn1c(=NC(=O)c2ccc3c(c2)OCCO3)sc2cc(C(=O)OCC)ccc21. The zero-order chi connectivity index (χ0) is 23.4. The molecule has 0 N–H and O–H groups in total. The van der Waals surface area contributed by atoms with E-state index in [0.717, 1.165) is 0 Å². The number of amides is 1. The van der Waals surface area contributed by atoms with Crippen molar-refractivity contribution in [3.05, 3.63) is 52.3 Å². The number of nitrogens with zero attached hydrogens (tertiary/aromatic N) is 2. The minimum atomic E-state index is -0.498. The molecule has 0 fully saturated rings. The molecule has 0 bridgehead atoms. The molecule has 0 spiro atoms. The topological polar surface area (TPSA) is 105 Å². The van der Waals surface area contributed by atoms with Crippen LogP contribution in [0.3, 0.4) is 0 Å². The van der Waals surface area contributed by atoms with Gasteiger partial charge in [-0.1, -0.05) is 11.3 Å². The van der Waals surface area contributed by atoms with Crippen LogP contribution in [0.4, 0.5) is 0 Å². The Morgan fingerprint density at radius 1 is 0.970 bits per heavy atom. The molecule has 0 saturated carbocycles. The summed E-state index contributed by atoms with van der Waals surface area (Å²) in [5.41, 5.74) is 1.35. The second kappa shape index (κ2) is 9.86. The van der Waals surface area contributed by atoms with Gasteiger partial charge in [-0.25, -0.2) is 4.79 Å². The molecule has 1 amide bonds. The van der Waals surface area contributed by atoms with Crippen LogP contribution < -0.4 is 14.3 Å².